The number of ether oxygens (including phenoxy) is 5. The Morgan fingerprint density at radius 2 is 1.89 bits per heavy atom. The van der Waals surface area contributed by atoms with Crippen molar-refractivity contribution in [1.82, 2.24) is 9.88 Å². The summed E-state index contributed by atoms with van der Waals surface area (Å²) < 4.78 is 69.2. The predicted octanol–water partition coefficient (Wildman–Crippen LogP) is 3.95. The molecule has 1 amide bonds. The van der Waals surface area contributed by atoms with Crippen molar-refractivity contribution >= 4 is 23.0 Å². The van der Waals surface area contributed by atoms with E-state index >= 15 is 0 Å². The van der Waals surface area contributed by atoms with Gasteiger partial charge >= 0.3 is 18.2 Å². The van der Waals surface area contributed by atoms with E-state index in [1.165, 1.54) is 25.3 Å². The molecule has 190 valence electrons. The molecule has 3 heterocycles. The fraction of sp³-hybridized carbons (Fsp3) is 0.522. The lowest BCUT2D eigenvalue weighted by Gasteiger charge is -2.36. The molecule has 9 nitrogen and oxygen atoms in total. The number of hydrogen-bond donors (Lipinski definition) is 0. The molecule has 0 saturated carbocycles. The maximum Gasteiger partial charge on any atom is 0.437 e. The Kier molecular flexibility index (Phi) is 5.89. The van der Waals surface area contributed by atoms with Gasteiger partial charge in [0.2, 0.25) is 0 Å². The number of fused-ring (bicyclic) bond motifs is 3. The highest BCUT2D eigenvalue weighted by Gasteiger charge is 2.56. The smallest absolute Gasteiger partial charge is 0.437 e. The third-order valence-electron chi connectivity index (χ3n) is 5.67. The van der Waals surface area contributed by atoms with Crippen molar-refractivity contribution in [3.63, 3.8) is 0 Å². The van der Waals surface area contributed by atoms with Crippen LogP contribution in [0.25, 0.3) is 10.9 Å². The number of esters is 1. The number of aromatic nitrogens is 1. The topological polar surface area (TPSA) is 96.4 Å². The molecule has 1 aromatic carbocycles. The van der Waals surface area contributed by atoms with E-state index < -0.39 is 46.9 Å². The maximum absolute atomic E-state index is 14.0. The zero-order valence-corrected chi connectivity index (χ0v) is 19.8. The third-order valence-corrected chi connectivity index (χ3v) is 5.67. The average molecular weight is 498 g/mol. The summed E-state index contributed by atoms with van der Waals surface area (Å²) in [7, 11) is 2.58. The Morgan fingerprint density at radius 1 is 1.17 bits per heavy atom. The molecule has 0 N–H and O–H groups in total. The van der Waals surface area contributed by atoms with E-state index in [0.29, 0.717) is 5.75 Å². The minimum Gasteiger partial charge on any atom is -0.497 e. The molecule has 2 atom stereocenters. The van der Waals surface area contributed by atoms with Gasteiger partial charge in [-0.05, 0) is 39.0 Å². The fourth-order valence-electron chi connectivity index (χ4n) is 4.19. The summed E-state index contributed by atoms with van der Waals surface area (Å²) >= 11 is 0. The number of amides is 1. The van der Waals surface area contributed by atoms with Crippen LogP contribution in [0.3, 0.4) is 0 Å². The minimum absolute atomic E-state index is 0.0469. The Balaban J connectivity index is 1.78. The normalized spacial score (nSPS) is 21.8. The maximum atomic E-state index is 14.0. The number of pyridine rings is 1. The largest absolute Gasteiger partial charge is 0.497 e. The molecule has 12 heteroatoms. The van der Waals surface area contributed by atoms with Gasteiger partial charge < -0.3 is 23.7 Å². The van der Waals surface area contributed by atoms with E-state index in [2.05, 4.69) is 4.98 Å². The van der Waals surface area contributed by atoms with Gasteiger partial charge in [0.25, 0.3) is 0 Å². The van der Waals surface area contributed by atoms with Crippen molar-refractivity contribution in [2.45, 2.75) is 50.6 Å². The number of alkyl halides is 3. The molecule has 4 rings (SSSR count). The first-order valence-electron chi connectivity index (χ1n) is 10.8. The highest BCUT2D eigenvalue weighted by atomic mass is 19.4. The monoisotopic (exact) mass is 498 g/mol. The van der Waals surface area contributed by atoms with Gasteiger partial charge in [0.1, 0.15) is 24.0 Å². The molecule has 0 bridgehead atoms. The number of hydrogen-bond acceptors (Lipinski definition) is 8. The van der Waals surface area contributed by atoms with E-state index in [-0.39, 0.29) is 36.2 Å². The number of nitrogens with zero attached hydrogens (tertiary/aromatic N) is 2. The summed E-state index contributed by atoms with van der Waals surface area (Å²) in [5.74, 6) is -1.11. The summed E-state index contributed by atoms with van der Waals surface area (Å²) in [5.41, 5.74) is -3.55. The summed E-state index contributed by atoms with van der Waals surface area (Å²) in [6.07, 6.45) is -5.84. The van der Waals surface area contributed by atoms with Gasteiger partial charge in [-0.15, -0.1) is 0 Å². The molecule has 2 aliphatic heterocycles. The van der Waals surface area contributed by atoms with Crippen molar-refractivity contribution in [2.75, 3.05) is 27.4 Å². The zero-order chi connectivity index (χ0) is 25.8. The Hall–Kier alpha value is -3.44. The molecule has 0 aliphatic carbocycles. The molecule has 0 unspecified atom stereocenters. The summed E-state index contributed by atoms with van der Waals surface area (Å²) in [4.78, 5) is 30.2. The van der Waals surface area contributed by atoms with Crippen LogP contribution < -0.4 is 14.2 Å². The molecule has 1 aromatic heterocycles. The van der Waals surface area contributed by atoms with Crippen LogP contribution in [0.4, 0.5) is 18.0 Å². The van der Waals surface area contributed by atoms with Gasteiger partial charge in [-0.2, -0.15) is 13.2 Å². The van der Waals surface area contributed by atoms with Gasteiger partial charge in [-0.25, -0.2) is 14.6 Å². The number of benzene rings is 1. The Bertz CT molecular complexity index is 1180. The molecular formula is C23H25F3N2O7. The van der Waals surface area contributed by atoms with Crippen LogP contribution in [0, 0.1) is 0 Å². The first kappa shape index (κ1) is 24.7. The van der Waals surface area contributed by atoms with Crippen molar-refractivity contribution in [3.05, 3.63) is 23.9 Å². The van der Waals surface area contributed by atoms with Gasteiger partial charge in [-0.1, -0.05) is 0 Å². The van der Waals surface area contributed by atoms with Gasteiger partial charge in [-0.3, -0.25) is 4.90 Å². The van der Waals surface area contributed by atoms with Crippen LogP contribution in [-0.4, -0.2) is 66.6 Å². The first-order chi connectivity index (χ1) is 16.3. The number of methoxy groups -OCH3 is 2. The molecule has 2 aliphatic rings. The van der Waals surface area contributed by atoms with Crippen LogP contribution in [0.5, 0.6) is 17.2 Å². The van der Waals surface area contributed by atoms with Crippen LogP contribution >= 0.6 is 0 Å². The average Bonchev–Trinajstić information content (AvgIpc) is 3.14. The van der Waals surface area contributed by atoms with Crippen molar-refractivity contribution in [1.29, 1.82) is 0 Å². The summed E-state index contributed by atoms with van der Waals surface area (Å²) in [5, 5.41) is 0.272. The van der Waals surface area contributed by atoms with Crippen molar-refractivity contribution < 1.29 is 46.4 Å². The van der Waals surface area contributed by atoms with Gasteiger partial charge in [0, 0.05) is 11.8 Å². The summed E-state index contributed by atoms with van der Waals surface area (Å²) in [6, 6.07) is 3.25. The highest BCUT2D eigenvalue weighted by molar-refractivity contribution is 5.90. The van der Waals surface area contributed by atoms with Crippen LogP contribution in [0.2, 0.25) is 0 Å². The Morgan fingerprint density at radius 3 is 2.49 bits per heavy atom. The molecule has 0 radical (unpaired) electrons. The number of halogens is 3. The Labute approximate surface area is 199 Å². The number of carbonyl (C=O) groups is 2. The number of carbonyl (C=O) groups excluding carboxylic acids is 2. The lowest BCUT2D eigenvalue weighted by molar-refractivity contribution is -0.147. The van der Waals surface area contributed by atoms with E-state index in [1.54, 1.807) is 20.8 Å². The van der Waals surface area contributed by atoms with Crippen LogP contribution in [-0.2, 0) is 20.4 Å². The SMILES string of the molecule is COC(=O)[C@@H]1C[C@]2(COc3c(c(C(F)(F)F)nc4ccc(OC)cc34)O2)CN1C(=O)OC(C)(C)C. The quantitative estimate of drug-likeness (QED) is 0.575. The van der Waals surface area contributed by atoms with E-state index in [4.69, 9.17) is 23.7 Å². The van der Waals surface area contributed by atoms with Crippen molar-refractivity contribution in [3.8, 4) is 17.2 Å². The lowest BCUT2D eigenvalue weighted by Crippen LogP contribution is -2.49. The highest BCUT2D eigenvalue weighted by Crippen LogP contribution is 2.50. The zero-order valence-electron chi connectivity index (χ0n) is 19.8. The van der Waals surface area contributed by atoms with Crippen LogP contribution in [0.15, 0.2) is 18.2 Å². The molecule has 1 fully saturated rings. The molecule has 1 spiro atoms. The predicted molar refractivity (Wildman–Crippen MR) is 116 cm³/mol. The third kappa shape index (κ3) is 4.61. The first-order valence-corrected chi connectivity index (χ1v) is 10.8. The second kappa shape index (κ2) is 8.35. The number of rotatable bonds is 2. The molecule has 35 heavy (non-hydrogen) atoms. The van der Waals surface area contributed by atoms with Gasteiger partial charge in [0.05, 0.1) is 26.3 Å². The second-order valence-corrected chi connectivity index (χ2v) is 9.42. The molecular weight excluding hydrogens is 473 g/mol. The van der Waals surface area contributed by atoms with Gasteiger partial charge in [0.15, 0.2) is 22.8 Å². The molecule has 1 saturated heterocycles. The standard InChI is InChI=1S/C23H25F3N2O7/c1-21(2,3)35-20(30)28-10-22(9-15(28)19(29)32-5)11-33-16-13-8-12(31-4)6-7-14(13)27-18(17(16)34-22)23(24,25)26/h6-8,15H,9-11H2,1-5H3/t15-,22+/m0/s1. The van der Waals surface area contributed by atoms with E-state index in [9.17, 15) is 22.8 Å². The second-order valence-electron chi connectivity index (χ2n) is 9.42. The summed E-state index contributed by atoms with van der Waals surface area (Å²) in [6.45, 7) is 4.48. The van der Waals surface area contributed by atoms with Crippen molar-refractivity contribution in [2.24, 2.45) is 0 Å². The minimum atomic E-state index is -4.86. The molecule has 2 aromatic rings. The fourth-order valence-corrected chi connectivity index (χ4v) is 4.19. The van der Waals surface area contributed by atoms with E-state index in [0.717, 1.165) is 12.0 Å². The lowest BCUT2D eigenvalue weighted by atomic mass is 9.99. The number of likely N-dealkylation sites (tertiary alicyclic amines) is 1. The van der Waals surface area contributed by atoms with E-state index in [1.807, 2.05) is 0 Å². The van der Waals surface area contributed by atoms with Crippen LogP contribution in [0.1, 0.15) is 32.9 Å².